The Morgan fingerprint density at radius 1 is 0.735 bits per heavy atom. The van der Waals surface area contributed by atoms with Crippen LogP contribution < -0.4 is 10.2 Å². The summed E-state index contributed by atoms with van der Waals surface area (Å²) in [5, 5.41) is 19.6. The molecule has 22 atom stereocenters. The van der Waals surface area contributed by atoms with Crippen LogP contribution >= 0.6 is 0 Å². The molecule has 83 heavy (non-hydrogen) atoms. The number of ketones is 2. The summed E-state index contributed by atoms with van der Waals surface area (Å²) >= 11 is 0. The first-order valence-corrected chi connectivity index (χ1v) is 33.0. The Labute approximate surface area is 496 Å². The number of quaternary nitrogens is 2. The number of alkyl carbamates (subject to hydrolysis) is 2. The third kappa shape index (κ3) is 11.7. The Balaban J connectivity index is 0.000000161. The van der Waals surface area contributed by atoms with E-state index in [1.54, 1.807) is 23.6 Å². The molecular formula is C70H104N2O11+2. The van der Waals surface area contributed by atoms with Crippen molar-refractivity contribution in [2.24, 2.45) is 81.8 Å². The van der Waals surface area contributed by atoms with Crippen LogP contribution in [-0.2, 0) is 44.8 Å². The molecule has 0 radical (unpaired) electrons. The molecule has 6 saturated carbocycles. The fourth-order valence-corrected chi connectivity index (χ4v) is 21.0. The first-order valence-electron chi connectivity index (χ1n) is 33.0. The lowest BCUT2D eigenvalue weighted by molar-refractivity contribution is -0.867. The summed E-state index contributed by atoms with van der Waals surface area (Å²) in [4.78, 5) is 65.3. The van der Waals surface area contributed by atoms with Crippen LogP contribution in [0.25, 0.3) is 0 Å². The Kier molecular flexibility index (Phi) is 18.3. The van der Waals surface area contributed by atoms with Crippen molar-refractivity contribution in [1.82, 2.24) is 0 Å². The molecule has 1 aromatic rings. The molecule has 5 N–H and O–H groups in total. The average Bonchev–Trinajstić information content (AvgIpc) is 2.88. The molecule has 13 rings (SSSR count). The van der Waals surface area contributed by atoms with E-state index in [1.165, 1.54) is 84.1 Å². The zero-order chi connectivity index (χ0) is 59.6. The van der Waals surface area contributed by atoms with E-state index in [9.17, 15) is 19.2 Å². The number of benzene rings is 1. The van der Waals surface area contributed by atoms with E-state index in [0.717, 1.165) is 110 Å². The van der Waals surface area contributed by atoms with Crippen molar-refractivity contribution in [2.75, 3.05) is 13.1 Å². The highest BCUT2D eigenvalue weighted by Gasteiger charge is 2.64. The number of aliphatic hydroxyl groups is 1. The van der Waals surface area contributed by atoms with Gasteiger partial charge in [0, 0.05) is 49.4 Å². The van der Waals surface area contributed by atoms with Crippen LogP contribution in [0.1, 0.15) is 210 Å². The van der Waals surface area contributed by atoms with Gasteiger partial charge in [-0.25, -0.2) is 9.69 Å². The van der Waals surface area contributed by atoms with E-state index in [0.29, 0.717) is 76.7 Å². The van der Waals surface area contributed by atoms with Gasteiger partial charge in [0.15, 0.2) is 5.60 Å². The minimum Gasteiger partial charge on any atom is -0.479 e. The standard InChI is InChI=1S/C36H49NO4.C28H43NO2.C5H10O3.CO2/c1-22-16-32-33(37(20-22)34(39)40-21-25-8-6-5-7-9-25)24(3)36(41-32)15-13-28-29-11-10-26-17-27(38)12-14-35(26,4)31(29)18-30(28)23(2)19-36;1-16-11-25-26(29-15-16)18(3)28(31-25)10-8-21-22-6-5-19-12-20(30)7-9-27(19,4)24(22)13-23(21)17(2)14-28;1-3-5(2,8)4(6)7;2-1-3/h5-9,22,24,26,28-29,31-33H,10-21H2,1-4H3;16,18-19,21-22,24-26,29H,5-15H2,1-4H3;8H,3H2,1-2H3,(H,6,7);/p+2/t22-,24+,26+,28-,29-,31-,32+,33-,35-,36-;16-,18+,19+,21-,22-,24-,25+,26-,27-,28-;;/m00../s1. The summed E-state index contributed by atoms with van der Waals surface area (Å²) in [6.07, 6.45) is 23.6. The van der Waals surface area contributed by atoms with Gasteiger partial charge in [0.05, 0.1) is 24.3 Å². The maximum atomic E-state index is 13.5. The van der Waals surface area contributed by atoms with Crippen LogP contribution in [0.2, 0.25) is 0 Å². The first-order chi connectivity index (χ1) is 39.4. The van der Waals surface area contributed by atoms with E-state index >= 15 is 0 Å². The number of Topliss-reactive ketones (excluding diaryl/α,β-unsaturated/α-hetero) is 2. The second-order valence-corrected chi connectivity index (χ2v) is 30.3. The van der Waals surface area contributed by atoms with Crippen molar-refractivity contribution >= 4 is 29.8 Å². The number of hydrogen-bond acceptors (Lipinski definition) is 10. The number of carbonyl (C=O) groups is 4. The number of hydrogen-bond donors (Lipinski definition) is 4. The number of aliphatic carboxylic acids is 1. The number of piperidine rings is 2. The third-order valence-electron chi connectivity index (χ3n) is 26.0. The molecule has 4 aliphatic heterocycles. The van der Waals surface area contributed by atoms with Gasteiger partial charge in [-0.2, -0.15) is 14.4 Å². The van der Waals surface area contributed by atoms with Crippen LogP contribution in [0.3, 0.4) is 0 Å². The van der Waals surface area contributed by atoms with Gasteiger partial charge < -0.3 is 29.7 Å². The van der Waals surface area contributed by atoms with Crippen molar-refractivity contribution in [3.8, 4) is 0 Å². The molecule has 0 bridgehead atoms. The lowest BCUT2D eigenvalue weighted by Crippen LogP contribution is -3.21. The maximum absolute atomic E-state index is 13.5. The Hall–Kier alpha value is -3.84. The number of nitrogens with one attached hydrogen (secondary N) is 1. The van der Waals surface area contributed by atoms with Gasteiger partial charge in [0.25, 0.3) is 0 Å². The van der Waals surface area contributed by atoms with E-state index in [-0.39, 0.29) is 42.0 Å². The Bertz CT molecular complexity index is 2680. The molecule has 13 nitrogen and oxygen atoms in total. The fraction of sp³-hybridized carbons (Fsp3) is 0.786. The van der Waals surface area contributed by atoms with Gasteiger partial charge in [0.2, 0.25) is 0 Å². The number of carbonyl (C=O) groups excluding carboxylic acids is 5. The maximum Gasteiger partial charge on any atom is 0.515 e. The molecule has 12 aliphatic rings. The molecule has 0 aromatic heterocycles. The molecule has 4 heterocycles. The molecule has 4 saturated heterocycles. The second-order valence-electron chi connectivity index (χ2n) is 30.3. The summed E-state index contributed by atoms with van der Waals surface area (Å²) in [5.41, 5.74) is 6.96. The zero-order valence-corrected chi connectivity index (χ0v) is 52.2. The topological polar surface area (TPSA) is 192 Å². The molecule has 8 aliphatic carbocycles. The van der Waals surface area contributed by atoms with Crippen molar-refractivity contribution in [2.45, 2.75) is 252 Å². The summed E-state index contributed by atoms with van der Waals surface area (Å²) in [6.45, 7) is 24.8. The average molecular weight is 1150 g/mol. The summed E-state index contributed by atoms with van der Waals surface area (Å²) in [6, 6.07) is 10.9. The number of amides is 1. The van der Waals surface area contributed by atoms with Gasteiger partial charge in [-0.1, -0.05) is 101 Å². The van der Waals surface area contributed by atoms with Crippen molar-refractivity contribution in [3.05, 3.63) is 58.2 Å². The summed E-state index contributed by atoms with van der Waals surface area (Å²) in [5.74, 6) is 7.95. The van der Waals surface area contributed by atoms with Gasteiger partial charge in [-0.3, -0.25) is 9.59 Å². The molecule has 2 unspecified atom stereocenters. The van der Waals surface area contributed by atoms with Crippen molar-refractivity contribution in [3.63, 3.8) is 0 Å². The smallest absolute Gasteiger partial charge is 0.479 e. The molecular weight excluding hydrogens is 1040 g/mol. The number of rotatable bonds is 4. The number of fused-ring (bicyclic) bond motifs is 12. The largest absolute Gasteiger partial charge is 0.515 e. The molecule has 10 fully saturated rings. The molecule has 458 valence electrons. The van der Waals surface area contributed by atoms with Crippen LogP contribution in [0.4, 0.5) is 4.79 Å². The van der Waals surface area contributed by atoms with E-state index in [2.05, 4.69) is 60.7 Å². The zero-order valence-electron chi connectivity index (χ0n) is 52.2. The predicted molar refractivity (Wildman–Crippen MR) is 314 cm³/mol. The molecule has 2 spiro atoms. The van der Waals surface area contributed by atoms with Gasteiger partial charge in [-0.05, 0) is 194 Å². The van der Waals surface area contributed by atoms with Gasteiger partial charge in [-0.15, -0.1) is 0 Å². The normalized spacial score (nSPS) is 44.5. The number of nitrogens with two attached hydrogens (primary N) is 1. The SMILES string of the molecule is CC1=C2C[C@H]3[C@@H](CC[C@@H]4CC(=O)CC[C@@]43C)[C@@H]2CC[C@@]2(C1)O[C@@H]1C[C@H](C)C[NH+](C(=O)OCc3ccccc3)[C@H]1[C@H]2C.CC1=C2C[C@H]3[C@@H](CC[C@@H]4CC(=O)CC[C@@]43C)[C@@H]2CC[C@@]2(C1)O[C@@H]1C[C@H](C)C[NH2+][C@H]1[C@H]2C.CCC(C)(O)C(=O)O.O=C=O. The minimum absolute atomic E-state index is 0.0885. The number of allylic oxidation sites excluding steroid dienone is 2. The van der Waals surface area contributed by atoms with Crippen LogP contribution in [0.15, 0.2) is 52.6 Å². The predicted octanol–water partition coefficient (Wildman–Crippen LogP) is 10.6. The molecule has 13 heteroatoms. The van der Waals surface area contributed by atoms with Crippen molar-refractivity contribution in [1.29, 1.82) is 0 Å². The first kappa shape index (κ1) is 62.2. The molecule has 1 amide bonds. The van der Waals surface area contributed by atoms with E-state index < -0.39 is 11.6 Å². The monoisotopic (exact) mass is 1150 g/mol. The number of carboxylic acid groups (broad SMARTS) is 1. The van der Waals surface area contributed by atoms with Gasteiger partial charge in [0.1, 0.15) is 42.5 Å². The summed E-state index contributed by atoms with van der Waals surface area (Å²) < 4.78 is 20.1. The Morgan fingerprint density at radius 2 is 1.24 bits per heavy atom. The number of likely N-dealkylation sites (tertiary alicyclic amines) is 1. The third-order valence-corrected chi connectivity index (χ3v) is 26.0. The lowest BCUT2D eigenvalue weighted by Gasteiger charge is -2.52. The van der Waals surface area contributed by atoms with Gasteiger partial charge >= 0.3 is 18.2 Å². The molecule has 1 aromatic carbocycles. The van der Waals surface area contributed by atoms with Crippen LogP contribution in [-0.4, -0.2) is 94.2 Å². The second kappa shape index (κ2) is 24.4. The highest BCUT2D eigenvalue weighted by Crippen LogP contribution is 2.67. The highest BCUT2D eigenvalue weighted by molar-refractivity contribution is 5.80. The number of ether oxygens (including phenoxy) is 3. The van der Waals surface area contributed by atoms with E-state index in [4.69, 9.17) is 34.0 Å². The Morgan fingerprint density at radius 3 is 1.75 bits per heavy atom. The lowest BCUT2D eigenvalue weighted by atomic mass is 9.52. The van der Waals surface area contributed by atoms with Crippen molar-refractivity contribution < 1.29 is 63.4 Å². The summed E-state index contributed by atoms with van der Waals surface area (Å²) in [7, 11) is 0. The van der Waals surface area contributed by atoms with E-state index in [1.807, 2.05) is 35.9 Å². The minimum atomic E-state index is -1.54. The quantitative estimate of drug-likeness (QED) is 0.210. The number of carboxylic acids is 1. The fourth-order valence-electron chi connectivity index (χ4n) is 21.0. The van der Waals surface area contributed by atoms with Crippen LogP contribution in [0, 0.1) is 81.8 Å². The van der Waals surface area contributed by atoms with Crippen LogP contribution in [0.5, 0.6) is 0 Å². The highest BCUT2D eigenvalue weighted by atomic mass is 16.6.